The number of carboxylic acid groups (broad SMARTS) is 1. The summed E-state index contributed by atoms with van der Waals surface area (Å²) in [5, 5.41) is 37.2. The number of primary amides is 2. The van der Waals surface area contributed by atoms with Crippen LogP contribution in [0, 0.1) is 11.8 Å². The Balaban J connectivity index is 2.82. The van der Waals surface area contributed by atoms with Gasteiger partial charge in [-0.15, -0.1) is 11.8 Å². The SMILES string of the molecule is C[C@H](NC(=O)[C@@H](NC(=O)C1(NC(=O)CCSC(CNC(=O)[C@@H](C)[C@@H](C)O)C(=O)O)CC1C(N)=O)[C@@H](C)O)C(N)=O. The molecular weight excluding hydrogens is 552 g/mol. The van der Waals surface area contributed by atoms with Gasteiger partial charge < -0.3 is 48.1 Å². The van der Waals surface area contributed by atoms with Crippen LogP contribution in [0.1, 0.15) is 40.5 Å². The van der Waals surface area contributed by atoms with Crippen molar-refractivity contribution in [2.45, 2.75) is 75.6 Å². The molecule has 0 aromatic carbocycles. The monoisotopic (exact) mass is 590 g/mol. The van der Waals surface area contributed by atoms with Crippen LogP contribution < -0.4 is 32.7 Å². The lowest BCUT2D eigenvalue weighted by molar-refractivity contribution is -0.137. The summed E-state index contributed by atoms with van der Waals surface area (Å²) in [5.74, 6) is -8.04. The number of thioether (sulfide) groups is 1. The fourth-order valence-corrected chi connectivity index (χ4v) is 4.43. The molecule has 1 fully saturated rings. The Morgan fingerprint density at radius 1 is 0.950 bits per heavy atom. The number of rotatable bonds is 17. The van der Waals surface area contributed by atoms with E-state index in [0.29, 0.717) is 0 Å². The Bertz CT molecular complexity index is 1010. The van der Waals surface area contributed by atoms with Crippen LogP contribution in [-0.2, 0) is 33.6 Å². The first kappa shape index (κ1) is 34.6. The molecular formula is C23H38N6O10S. The molecule has 226 valence electrons. The Morgan fingerprint density at radius 2 is 1.55 bits per heavy atom. The minimum absolute atomic E-state index is 0.0344. The fraction of sp³-hybridized carbons (Fsp3) is 0.696. The lowest BCUT2D eigenvalue weighted by Crippen LogP contribution is -2.60. The molecule has 16 nitrogen and oxygen atoms in total. The maximum atomic E-state index is 13.1. The molecule has 1 rings (SSSR count). The van der Waals surface area contributed by atoms with Crippen molar-refractivity contribution in [3.05, 3.63) is 0 Å². The number of aliphatic carboxylic acids is 1. The summed E-state index contributed by atoms with van der Waals surface area (Å²) in [7, 11) is 0. The molecule has 0 heterocycles. The summed E-state index contributed by atoms with van der Waals surface area (Å²) >= 11 is 0.855. The van der Waals surface area contributed by atoms with Crippen molar-refractivity contribution in [1.82, 2.24) is 21.3 Å². The Kier molecular flexibility index (Phi) is 12.8. The standard InChI is InChI=1S/C23H38N6O10S/c1-9(11(3)30)19(35)26-8-14(21(37)38)40-6-5-15(32)29-23(7-13(23)18(25)34)22(39)28-16(12(4)31)20(36)27-10(2)17(24)33/h9-14,16,30-31H,5-8H2,1-4H3,(H2,24,33)(H2,25,34)(H,26,35)(H,27,36)(H,28,39)(H,29,32)(H,37,38)/t9-,10-,11+,12+,13?,14?,16-,23?/m0/s1. The molecule has 0 aliphatic heterocycles. The molecule has 40 heavy (non-hydrogen) atoms. The van der Waals surface area contributed by atoms with Crippen molar-refractivity contribution >= 4 is 53.2 Å². The highest BCUT2D eigenvalue weighted by Crippen LogP contribution is 2.43. The third kappa shape index (κ3) is 9.63. The Morgan fingerprint density at radius 3 is 2.00 bits per heavy atom. The number of carbonyl (C=O) groups is 7. The summed E-state index contributed by atoms with van der Waals surface area (Å²) in [5.41, 5.74) is 8.65. The van der Waals surface area contributed by atoms with Gasteiger partial charge in [-0.25, -0.2) is 0 Å². The van der Waals surface area contributed by atoms with Gasteiger partial charge in [0.05, 0.1) is 24.0 Å². The molecule has 3 unspecified atom stereocenters. The zero-order valence-electron chi connectivity index (χ0n) is 22.6. The van der Waals surface area contributed by atoms with E-state index in [-0.39, 0.29) is 25.1 Å². The molecule has 8 atom stereocenters. The highest BCUT2D eigenvalue weighted by molar-refractivity contribution is 8.00. The van der Waals surface area contributed by atoms with E-state index in [0.717, 1.165) is 11.8 Å². The quantitative estimate of drug-likeness (QED) is 0.0785. The van der Waals surface area contributed by atoms with Crippen LogP contribution >= 0.6 is 11.8 Å². The van der Waals surface area contributed by atoms with E-state index in [9.17, 15) is 48.9 Å². The summed E-state index contributed by atoms with van der Waals surface area (Å²) in [6, 6.07) is -2.67. The molecule has 11 N–H and O–H groups in total. The van der Waals surface area contributed by atoms with Crippen molar-refractivity contribution in [3.8, 4) is 0 Å². The molecule has 0 aromatic heterocycles. The van der Waals surface area contributed by atoms with Gasteiger partial charge in [-0.3, -0.25) is 33.6 Å². The summed E-state index contributed by atoms with van der Waals surface area (Å²) < 4.78 is 0. The third-order valence-electron chi connectivity index (χ3n) is 6.43. The maximum absolute atomic E-state index is 13.1. The van der Waals surface area contributed by atoms with Crippen molar-refractivity contribution in [2.24, 2.45) is 23.3 Å². The minimum atomic E-state index is -1.80. The van der Waals surface area contributed by atoms with Crippen molar-refractivity contribution < 1.29 is 48.9 Å². The highest BCUT2D eigenvalue weighted by Gasteiger charge is 2.64. The van der Waals surface area contributed by atoms with Crippen LogP contribution in [0.25, 0.3) is 0 Å². The molecule has 0 radical (unpaired) electrons. The summed E-state index contributed by atoms with van der Waals surface area (Å²) in [6.45, 7) is 5.14. The van der Waals surface area contributed by atoms with Crippen LogP contribution in [0.15, 0.2) is 0 Å². The Labute approximate surface area is 234 Å². The van der Waals surface area contributed by atoms with E-state index in [1.807, 2.05) is 0 Å². The first-order chi connectivity index (χ1) is 18.4. The van der Waals surface area contributed by atoms with Crippen LogP contribution in [0.2, 0.25) is 0 Å². The number of hydrogen-bond acceptors (Lipinski definition) is 10. The molecule has 0 spiro atoms. The number of nitrogens with one attached hydrogen (secondary N) is 4. The van der Waals surface area contributed by atoms with Gasteiger partial charge in [-0.05, 0) is 27.2 Å². The van der Waals surface area contributed by atoms with E-state index < -0.39 is 88.3 Å². The van der Waals surface area contributed by atoms with E-state index >= 15 is 0 Å². The van der Waals surface area contributed by atoms with E-state index in [4.69, 9.17) is 11.5 Å². The second-order valence-electron chi connectivity index (χ2n) is 9.73. The predicted molar refractivity (Wildman–Crippen MR) is 141 cm³/mol. The number of carboxylic acids is 1. The van der Waals surface area contributed by atoms with Gasteiger partial charge in [0.15, 0.2) is 0 Å². The van der Waals surface area contributed by atoms with E-state index in [1.54, 1.807) is 0 Å². The largest absolute Gasteiger partial charge is 0.480 e. The number of carbonyl (C=O) groups excluding carboxylic acids is 6. The number of nitrogens with two attached hydrogens (primary N) is 2. The molecule has 0 bridgehead atoms. The first-order valence-corrected chi connectivity index (χ1v) is 13.5. The topological polar surface area (TPSA) is 280 Å². The van der Waals surface area contributed by atoms with Crippen LogP contribution in [0.3, 0.4) is 0 Å². The van der Waals surface area contributed by atoms with Gasteiger partial charge in [-0.2, -0.15) is 0 Å². The Hall–Kier alpha value is -3.44. The van der Waals surface area contributed by atoms with Crippen molar-refractivity contribution in [2.75, 3.05) is 12.3 Å². The van der Waals surface area contributed by atoms with Crippen LogP contribution in [0.4, 0.5) is 0 Å². The second kappa shape index (κ2) is 14.8. The average molecular weight is 591 g/mol. The molecule has 6 amide bonds. The van der Waals surface area contributed by atoms with Gasteiger partial charge in [0.1, 0.15) is 22.9 Å². The molecule has 1 saturated carbocycles. The zero-order chi connectivity index (χ0) is 30.9. The van der Waals surface area contributed by atoms with Gasteiger partial charge in [0.2, 0.25) is 35.4 Å². The number of amides is 6. The molecule has 0 saturated heterocycles. The second-order valence-corrected chi connectivity index (χ2v) is 11.0. The minimum Gasteiger partial charge on any atom is -0.480 e. The zero-order valence-corrected chi connectivity index (χ0v) is 23.4. The van der Waals surface area contributed by atoms with Crippen LogP contribution in [0.5, 0.6) is 0 Å². The molecule has 1 aliphatic carbocycles. The predicted octanol–water partition coefficient (Wildman–Crippen LogP) is -4.09. The molecule has 1 aliphatic rings. The lowest BCUT2D eigenvalue weighted by atomic mass is 10.1. The van der Waals surface area contributed by atoms with Crippen molar-refractivity contribution in [3.63, 3.8) is 0 Å². The normalized spacial score (nSPS) is 22.3. The third-order valence-corrected chi connectivity index (χ3v) is 7.64. The number of aliphatic hydroxyl groups excluding tert-OH is 2. The van der Waals surface area contributed by atoms with Crippen LogP contribution in [-0.4, -0.2) is 104 Å². The lowest BCUT2D eigenvalue weighted by Gasteiger charge is -2.26. The van der Waals surface area contributed by atoms with E-state index in [1.165, 1.54) is 27.7 Å². The van der Waals surface area contributed by atoms with Gasteiger partial charge in [0, 0.05) is 18.7 Å². The summed E-state index contributed by atoms with van der Waals surface area (Å²) in [4.78, 5) is 84.8. The van der Waals surface area contributed by atoms with E-state index in [2.05, 4.69) is 21.3 Å². The van der Waals surface area contributed by atoms with Crippen molar-refractivity contribution in [1.29, 1.82) is 0 Å². The number of aliphatic hydroxyl groups is 2. The molecule has 17 heteroatoms. The average Bonchev–Trinajstić information content (AvgIpc) is 3.58. The van der Waals surface area contributed by atoms with Gasteiger partial charge in [0.25, 0.3) is 0 Å². The smallest absolute Gasteiger partial charge is 0.318 e. The maximum Gasteiger partial charge on any atom is 0.318 e. The number of hydrogen-bond donors (Lipinski definition) is 9. The first-order valence-electron chi connectivity index (χ1n) is 12.4. The fourth-order valence-electron chi connectivity index (χ4n) is 3.50. The molecule has 0 aromatic rings. The summed E-state index contributed by atoms with van der Waals surface area (Å²) in [6.07, 6.45) is -2.82. The van der Waals surface area contributed by atoms with Gasteiger partial charge >= 0.3 is 5.97 Å². The van der Waals surface area contributed by atoms with Gasteiger partial charge in [-0.1, -0.05) is 6.92 Å². The highest BCUT2D eigenvalue weighted by atomic mass is 32.2.